The first kappa shape index (κ1) is 17.8. The molecule has 0 bridgehead atoms. The van der Waals surface area contributed by atoms with Gasteiger partial charge in [-0.3, -0.25) is 4.79 Å². The first-order valence-corrected chi connectivity index (χ1v) is 9.45. The molecule has 0 atom stereocenters. The van der Waals surface area contributed by atoms with E-state index in [-0.39, 0.29) is 5.56 Å². The van der Waals surface area contributed by atoms with E-state index in [1.54, 1.807) is 17.4 Å². The lowest BCUT2D eigenvalue weighted by Gasteiger charge is -2.05. The van der Waals surface area contributed by atoms with E-state index in [0.29, 0.717) is 17.4 Å². The van der Waals surface area contributed by atoms with Crippen LogP contribution in [0.15, 0.2) is 52.3 Å². The van der Waals surface area contributed by atoms with Gasteiger partial charge in [-0.05, 0) is 25.1 Å². The summed E-state index contributed by atoms with van der Waals surface area (Å²) in [7, 11) is 0. The summed E-state index contributed by atoms with van der Waals surface area (Å²) in [5.41, 5.74) is 3.24. The summed E-state index contributed by atoms with van der Waals surface area (Å²) in [6.45, 7) is 2.45. The molecule has 1 N–H and O–H groups in total. The molecule has 1 heterocycles. The monoisotopic (exact) mass is 418 g/mol. The molecule has 3 nitrogen and oxygen atoms in total. The summed E-state index contributed by atoms with van der Waals surface area (Å²) in [6, 6.07) is 12.5. The molecule has 6 heteroatoms. The number of carbonyl (C=O) groups is 1. The number of aryl methyl sites for hydroxylation is 1. The van der Waals surface area contributed by atoms with Crippen molar-refractivity contribution < 1.29 is 9.18 Å². The number of benzene rings is 2. The van der Waals surface area contributed by atoms with Gasteiger partial charge in [-0.1, -0.05) is 45.8 Å². The Hall–Kier alpha value is -2.05. The summed E-state index contributed by atoms with van der Waals surface area (Å²) < 4.78 is 14.4. The highest BCUT2D eigenvalue weighted by Gasteiger charge is 2.12. The Bertz CT molecular complexity index is 893. The molecular formula is C19H16BrFN2OS. The third-order valence-corrected chi connectivity index (χ3v) is 5.12. The van der Waals surface area contributed by atoms with Crippen LogP contribution < -0.4 is 5.32 Å². The van der Waals surface area contributed by atoms with E-state index in [9.17, 15) is 9.18 Å². The van der Waals surface area contributed by atoms with Crippen LogP contribution in [0.5, 0.6) is 0 Å². The third kappa shape index (κ3) is 4.52. The quantitative estimate of drug-likeness (QED) is 0.633. The molecule has 128 valence electrons. The van der Waals surface area contributed by atoms with E-state index < -0.39 is 11.7 Å². The van der Waals surface area contributed by atoms with Gasteiger partial charge in [0.15, 0.2) is 0 Å². The zero-order valence-corrected chi connectivity index (χ0v) is 16.0. The second-order valence-corrected chi connectivity index (χ2v) is 7.41. The maximum atomic E-state index is 13.7. The normalized spacial score (nSPS) is 10.7. The van der Waals surface area contributed by atoms with E-state index in [2.05, 4.69) is 50.5 Å². The highest BCUT2D eigenvalue weighted by Crippen LogP contribution is 2.24. The molecule has 0 saturated carbocycles. The topological polar surface area (TPSA) is 42.0 Å². The summed E-state index contributed by atoms with van der Waals surface area (Å²) in [4.78, 5) is 16.7. The van der Waals surface area contributed by atoms with Crippen LogP contribution in [0.3, 0.4) is 0 Å². The second-order valence-electron chi connectivity index (χ2n) is 5.64. The molecule has 1 amide bonds. The SMILES string of the molecule is Cc1ccc(-c2nc(CCNC(=O)c3cc(Br)ccc3F)cs2)cc1. The van der Waals surface area contributed by atoms with Gasteiger partial charge in [0.05, 0.1) is 11.3 Å². The molecule has 0 fully saturated rings. The Morgan fingerprint density at radius 3 is 2.76 bits per heavy atom. The minimum atomic E-state index is -0.531. The molecule has 25 heavy (non-hydrogen) atoms. The molecular weight excluding hydrogens is 403 g/mol. The Morgan fingerprint density at radius 1 is 1.24 bits per heavy atom. The number of hydrogen-bond acceptors (Lipinski definition) is 3. The summed E-state index contributed by atoms with van der Waals surface area (Å²) in [6.07, 6.45) is 0.601. The van der Waals surface area contributed by atoms with Gasteiger partial charge in [0.25, 0.3) is 5.91 Å². The lowest BCUT2D eigenvalue weighted by atomic mass is 10.2. The fourth-order valence-electron chi connectivity index (χ4n) is 2.32. The molecule has 0 radical (unpaired) electrons. The van der Waals surface area contributed by atoms with Crippen molar-refractivity contribution in [2.24, 2.45) is 0 Å². The maximum Gasteiger partial charge on any atom is 0.254 e. The molecule has 2 aromatic carbocycles. The molecule has 3 aromatic rings. The molecule has 3 rings (SSSR count). The molecule has 0 aliphatic heterocycles. The molecule has 0 aliphatic carbocycles. The predicted octanol–water partition coefficient (Wildman–Crippen LogP) is 4.99. The number of halogens is 2. The lowest BCUT2D eigenvalue weighted by Crippen LogP contribution is -2.26. The molecule has 0 saturated heterocycles. The van der Waals surface area contributed by atoms with Gasteiger partial charge >= 0.3 is 0 Å². The third-order valence-electron chi connectivity index (χ3n) is 3.69. The number of amides is 1. The number of aromatic nitrogens is 1. The van der Waals surface area contributed by atoms with Gasteiger partial charge in [0, 0.05) is 28.4 Å². The Kier molecular flexibility index (Phi) is 5.60. The second kappa shape index (κ2) is 7.89. The average molecular weight is 419 g/mol. The van der Waals surface area contributed by atoms with Crippen LogP contribution in [0.2, 0.25) is 0 Å². The summed E-state index contributed by atoms with van der Waals surface area (Å²) in [5, 5.41) is 5.68. The minimum absolute atomic E-state index is 0.0352. The molecule has 1 aromatic heterocycles. The summed E-state index contributed by atoms with van der Waals surface area (Å²) >= 11 is 4.82. The lowest BCUT2D eigenvalue weighted by molar-refractivity contribution is 0.0950. The zero-order chi connectivity index (χ0) is 17.8. The smallest absolute Gasteiger partial charge is 0.254 e. The number of nitrogens with zero attached hydrogens (tertiary/aromatic N) is 1. The van der Waals surface area contributed by atoms with Crippen LogP contribution in [0.25, 0.3) is 10.6 Å². The number of rotatable bonds is 5. The van der Waals surface area contributed by atoms with Crippen molar-refractivity contribution >= 4 is 33.2 Å². The fourth-order valence-corrected chi connectivity index (χ4v) is 3.54. The van der Waals surface area contributed by atoms with Crippen molar-refractivity contribution in [1.29, 1.82) is 0 Å². The largest absolute Gasteiger partial charge is 0.352 e. The van der Waals surface area contributed by atoms with Crippen LogP contribution >= 0.6 is 27.3 Å². The highest BCUT2D eigenvalue weighted by molar-refractivity contribution is 9.10. The van der Waals surface area contributed by atoms with Crippen LogP contribution in [0.1, 0.15) is 21.6 Å². The van der Waals surface area contributed by atoms with E-state index >= 15 is 0 Å². The van der Waals surface area contributed by atoms with Crippen molar-refractivity contribution in [3.63, 3.8) is 0 Å². The predicted molar refractivity (Wildman–Crippen MR) is 102 cm³/mol. The Balaban J connectivity index is 1.58. The van der Waals surface area contributed by atoms with E-state index in [0.717, 1.165) is 16.3 Å². The van der Waals surface area contributed by atoms with Gasteiger partial charge < -0.3 is 5.32 Å². The minimum Gasteiger partial charge on any atom is -0.352 e. The zero-order valence-electron chi connectivity index (χ0n) is 13.6. The standard InChI is InChI=1S/C19H16BrFN2OS/c1-12-2-4-13(5-3-12)19-23-15(11-25-19)8-9-22-18(24)16-10-14(20)6-7-17(16)21/h2-7,10-11H,8-9H2,1H3,(H,22,24). The van der Waals surface area contributed by atoms with Gasteiger partial charge in [0.2, 0.25) is 0 Å². The van der Waals surface area contributed by atoms with Crippen molar-refractivity contribution in [3.05, 3.63) is 75.0 Å². The van der Waals surface area contributed by atoms with Crippen LogP contribution in [0, 0.1) is 12.7 Å². The average Bonchev–Trinajstić information content (AvgIpc) is 3.06. The van der Waals surface area contributed by atoms with Crippen molar-refractivity contribution in [2.75, 3.05) is 6.54 Å². The van der Waals surface area contributed by atoms with Gasteiger partial charge in [-0.2, -0.15) is 0 Å². The van der Waals surface area contributed by atoms with Gasteiger partial charge in [-0.25, -0.2) is 9.37 Å². The van der Waals surface area contributed by atoms with Crippen molar-refractivity contribution in [1.82, 2.24) is 10.3 Å². The van der Waals surface area contributed by atoms with Crippen LogP contribution in [0.4, 0.5) is 4.39 Å². The Labute approximate surface area is 158 Å². The highest BCUT2D eigenvalue weighted by atomic mass is 79.9. The van der Waals surface area contributed by atoms with E-state index in [4.69, 9.17) is 0 Å². The van der Waals surface area contributed by atoms with E-state index in [1.807, 2.05) is 12.3 Å². The maximum absolute atomic E-state index is 13.7. The molecule has 0 aliphatic rings. The molecule has 0 spiro atoms. The number of nitrogens with one attached hydrogen (secondary N) is 1. The number of hydrogen-bond donors (Lipinski definition) is 1. The van der Waals surface area contributed by atoms with Crippen molar-refractivity contribution in [3.8, 4) is 10.6 Å². The number of thiazole rings is 1. The molecule has 0 unspecified atom stereocenters. The fraction of sp³-hybridized carbons (Fsp3) is 0.158. The van der Waals surface area contributed by atoms with Crippen LogP contribution in [-0.4, -0.2) is 17.4 Å². The van der Waals surface area contributed by atoms with Gasteiger partial charge in [0.1, 0.15) is 10.8 Å². The van der Waals surface area contributed by atoms with Gasteiger partial charge in [-0.15, -0.1) is 11.3 Å². The van der Waals surface area contributed by atoms with Crippen LogP contribution in [-0.2, 0) is 6.42 Å². The Morgan fingerprint density at radius 2 is 2.00 bits per heavy atom. The van der Waals surface area contributed by atoms with E-state index in [1.165, 1.54) is 17.7 Å². The van der Waals surface area contributed by atoms with Crippen molar-refractivity contribution in [2.45, 2.75) is 13.3 Å². The number of carbonyl (C=O) groups excluding carboxylic acids is 1. The first-order valence-electron chi connectivity index (χ1n) is 7.77. The first-order chi connectivity index (χ1) is 12.0. The summed E-state index contributed by atoms with van der Waals surface area (Å²) in [5.74, 6) is -0.955.